The van der Waals surface area contributed by atoms with Gasteiger partial charge in [0.25, 0.3) is 0 Å². The number of carboxylic acids is 1. The van der Waals surface area contributed by atoms with Gasteiger partial charge in [0, 0.05) is 53.9 Å². The van der Waals surface area contributed by atoms with Gasteiger partial charge in [-0.15, -0.1) is 0 Å². The molecule has 0 bridgehead atoms. The molecule has 0 unspecified atom stereocenters. The van der Waals surface area contributed by atoms with Crippen molar-refractivity contribution in [1.82, 2.24) is 0 Å². The van der Waals surface area contributed by atoms with Gasteiger partial charge in [-0.3, -0.25) is 0 Å². The predicted octanol–water partition coefficient (Wildman–Crippen LogP) is 2.00. The van der Waals surface area contributed by atoms with E-state index in [0.717, 1.165) is 0 Å². The molecule has 0 aromatic rings. The van der Waals surface area contributed by atoms with Gasteiger partial charge in [0.2, 0.25) is 0 Å². The third-order valence-electron chi connectivity index (χ3n) is 1.04. The molecule has 0 radical (unpaired) electrons. The van der Waals surface area contributed by atoms with Crippen LogP contribution in [0.2, 0.25) is 0 Å². The van der Waals surface area contributed by atoms with E-state index in [4.69, 9.17) is 48.0 Å². The monoisotopic (exact) mass is 357 g/mol. The van der Waals surface area contributed by atoms with E-state index in [9.17, 15) is 9.90 Å². The van der Waals surface area contributed by atoms with Crippen molar-refractivity contribution in [2.45, 2.75) is 109 Å². The molecule has 0 heterocycles. The van der Waals surface area contributed by atoms with Crippen LogP contribution in [0.5, 0.6) is 0 Å². The van der Waals surface area contributed by atoms with Crippen LogP contribution in [0.15, 0.2) is 0 Å². The molecule has 120 valence electrons. The van der Waals surface area contributed by atoms with Gasteiger partial charge in [0.1, 0.15) is 0 Å². The summed E-state index contributed by atoms with van der Waals surface area (Å²) in [7, 11) is 0. The minimum absolute atomic E-state index is 0. The molecule has 0 saturated carbocycles. The van der Waals surface area contributed by atoms with Crippen LogP contribution in [0.25, 0.3) is 0 Å². The number of carboxylic acid groups (broad SMARTS) is 1. The molecule has 0 saturated heterocycles. The second-order valence-corrected chi connectivity index (χ2v) is 2.29. The minimum atomic E-state index is -5.26. The molecular formula is C18H35KO2. The summed E-state index contributed by atoms with van der Waals surface area (Å²) >= 11 is 0. The SMILES string of the molecule is [2H]C([2H])([2H])C([2H])([2H])C([2H])([2H])C([2H])([2H])C([2H])([2H])C([2H])([2H])C([2H])([2H])C([2H])([2H])C([2H])([2H])C([2H])([2H])C([2H])([2H])C([2H])([2H])C([2H])([2H])C([2H])([2H])C([2H])([2H])C([2H])([2H])C([2H])([2H])C(=O)[O-].[K+]. The Morgan fingerprint density at radius 3 is 1.43 bits per heavy atom. The maximum Gasteiger partial charge on any atom is 1.00 e. The average Bonchev–Trinajstić information content (AvgIpc) is 2.94. The van der Waals surface area contributed by atoms with Crippen LogP contribution in [-0.4, -0.2) is 5.97 Å². The van der Waals surface area contributed by atoms with E-state index in [0.29, 0.717) is 0 Å². The maximum absolute atomic E-state index is 11.3. The van der Waals surface area contributed by atoms with Crippen LogP contribution in [0.4, 0.5) is 0 Å². The van der Waals surface area contributed by atoms with Gasteiger partial charge in [-0.2, -0.15) is 0 Å². The first-order valence-electron chi connectivity index (χ1n) is 22.2. The van der Waals surface area contributed by atoms with E-state index >= 15 is 0 Å². The fourth-order valence-electron chi connectivity index (χ4n) is 0.489. The standard InChI is InChI=1S/C18H36O2.K/c1-2-3-4-5-6-7-8-9-10-11-12-13-14-15-16-17-18(19)20;/h2-17H2,1H3,(H,19,20);/q;+1/p-1/i1D3,2D2,3D2,4D2,5D2,6D2,7D2,8D2,9D2,10D2,11D2,12D2,13D2,14D2,15D2,16D2,17D2;. The Bertz CT molecular complexity index is 1450. The zero-order valence-electron chi connectivity index (χ0n) is 45.8. The molecule has 0 N–H and O–H groups in total. The van der Waals surface area contributed by atoms with Crippen LogP contribution < -0.4 is 56.5 Å². The molecule has 0 aliphatic carbocycles. The van der Waals surface area contributed by atoms with E-state index in [1.54, 1.807) is 0 Å². The number of hydrogen-bond donors (Lipinski definition) is 0. The molecule has 0 amide bonds. The zero-order valence-corrected chi connectivity index (χ0v) is 13.9. The predicted molar refractivity (Wildman–Crippen MR) is 84.6 cm³/mol. The number of carbonyl (C=O) groups excluding carboxylic acids is 1. The Hall–Kier alpha value is 1.11. The summed E-state index contributed by atoms with van der Waals surface area (Å²) < 4.78 is 277. The normalized spacial score (nSPS) is 46.6. The number of hydrogen-bond acceptors (Lipinski definition) is 2. The van der Waals surface area contributed by atoms with Crippen LogP contribution in [0, 0.1) is 0 Å². The zero-order chi connectivity index (χ0) is 46.1. The summed E-state index contributed by atoms with van der Waals surface area (Å²) in [5, 5.41) is 11.3. The first-order valence-corrected chi connectivity index (χ1v) is 4.66. The number of rotatable bonds is 16. The molecule has 0 spiro atoms. The van der Waals surface area contributed by atoms with Crippen LogP contribution in [0.3, 0.4) is 0 Å². The van der Waals surface area contributed by atoms with Gasteiger partial charge < -0.3 is 9.90 Å². The average molecular weight is 358 g/mol. The molecule has 21 heavy (non-hydrogen) atoms. The molecule has 0 aromatic heterocycles. The van der Waals surface area contributed by atoms with E-state index in [-0.39, 0.29) is 51.4 Å². The van der Waals surface area contributed by atoms with Crippen LogP contribution in [0.1, 0.15) is 157 Å². The summed E-state index contributed by atoms with van der Waals surface area (Å²) in [4.78, 5) is 11.3. The van der Waals surface area contributed by atoms with Crippen molar-refractivity contribution in [3.05, 3.63) is 0 Å². The molecule has 0 fully saturated rings. The number of aliphatic carboxylic acids is 1. The van der Waals surface area contributed by atoms with E-state index in [1.807, 2.05) is 0 Å². The van der Waals surface area contributed by atoms with Crippen molar-refractivity contribution in [1.29, 1.82) is 0 Å². The van der Waals surface area contributed by atoms with E-state index in [2.05, 4.69) is 0 Å². The fraction of sp³-hybridized carbons (Fsp3) is 0.944. The molecule has 0 rings (SSSR count). The van der Waals surface area contributed by atoms with Crippen molar-refractivity contribution in [2.75, 3.05) is 0 Å². The Labute approximate surface area is 224 Å². The first kappa shape index (κ1) is 3.24. The summed E-state index contributed by atoms with van der Waals surface area (Å²) in [5.41, 5.74) is 0. The summed E-state index contributed by atoms with van der Waals surface area (Å²) in [6.07, 6.45) is -80.1. The molecule has 3 heteroatoms. The summed E-state index contributed by atoms with van der Waals surface area (Å²) in [6, 6.07) is 0. The Morgan fingerprint density at radius 2 is 1.10 bits per heavy atom. The van der Waals surface area contributed by atoms with Crippen molar-refractivity contribution < 1.29 is 109 Å². The summed E-state index contributed by atoms with van der Waals surface area (Å²) in [5.74, 6) is -3.05. The molecular weight excluding hydrogens is 287 g/mol. The minimum Gasteiger partial charge on any atom is -0.550 e. The largest absolute Gasteiger partial charge is 1.00 e. The van der Waals surface area contributed by atoms with Gasteiger partial charge in [0.15, 0.2) is 0 Å². The van der Waals surface area contributed by atoms with Gasteiger partial charge in [-0.25, -0.2) is 0 Å². The smallest absolute Gasteiger partial charge is 0.550 e. The third kappa shape index (κ3) is 23.5. The van der Waals surface area contributed by atoms with Crippen LogP contribution >= 0.6 is 0 Å². The Kier molecular flexibility index (Phi) is 3.26. The maximum atomic E-state index is 11.3. The Balaban J connectivity index is 0. The fourth-order valence-corrected chi connectivity index (χ4v) is 0.489. The third-order valence-corrected chi connectivity index (χ3v) is 1.04. The van der Waals surface area contributed by atoms with Crippen molar-refractivity contribution >= 4 is 5.97 Å². The van der Waals surface area contributed by atoms with Crippen LogP contribution in [-0.2, 0) is 4.79 Å². The van der Waals surface area contributed by atoms with Crippen molar-refractivity contribution in [2.24, 2.45) is 0 Å². The second kappa shape index (κ2) is 21.1. The first-order chi connectivity index (χ1) is 22.9. The topological polar surface area (TPSA) is 40.1 Å². The van der Waals surface area contributed by atoms with Gasteiger partial charge in [-0.05, 0) is 12.7 Å². The molecule has 2 nitrogen and oxygen atoms in total. The van der Waals surface area contributed by atoms with Crippen molar-refractivity contribution in [3.63, 3.8) is 0 Å². The molecule has 0 atom stereocenters. The van der Waals surface area contributed by atoms with Gasteiger partial charge in [-0.1, -0.05) is 96.1 Å². The van der Waals surface area contributed by atoms with E-state index in [1.165, 1.54) is 0 Å². The molecule has 0 aliphatic heterocycles. The quantitative estimate of drug-likeness (QED) is 0.396. The number of carbonyl (C=O) groups is 1. The summed E-state index contributed by atoms with van der Waals surface area (Å²) in [6.45, 7) is -4.15. The van der Waals surface area contributed by atoms with Gasteiger partial charge >= 0.3 is 51.4 Å². The second-order valence-electron chi connectivity index (χ2n) is 2.29. The molecule has 0 aliphatic rings. The van der Waals surface area contributed by atoms with E-state index < -0.39 is 115 Å². The molecule has 0 aromatic carbocycles. The van der Waals surface area contributed by atoms with Gasteiger partial charge in [0.05, 0.1) is 0 Å². The van der Waals surface area contributed by atoms with Crippen molar-refractivity contribution in [3.8, 4) is 0 Å². The Morgan fingerprint density at radius 1 is 0.762 bits per heavy atom.